The second kappa shape index (κ2) is 5.77. The molecule has 3 nitrogen and oxygen atoms in total. The normalized spacial score (nSPS) is 13.2. The standard InChI is InChI=1S/C16H19NO2S/c1-12-7-6-9-15(11-12)14(3)17-20(18,19)16-10-5-4-8-13(16)2/h4-11,14,17H,1-3H3/t14-/m0/s1. The topological polar surface area (TPSA) is 46.2 Å². The number of rotatable bonds is 4. The SMILES string of the molecule is Cc1cccc([C@H](C)NS(=O)(=O)c2ccccc2C)c1. The van der Waals surface area contributed by atoms with Gasteiger partial charge in [0.25, 0.3) is 0 Å². The zero-order chi connectivity index (χ0) is 14.8. The van der Waals surface area contributed by atoms with Gasteiger partial charge in [0.15, 0.2) is 0 Å². The molecule has 2 rings (SSSR count). The van der Waals surface area contributed by atoms with Crippen LogP contribution in [-0.2, 0) is 10.0 Å². The van der Waals surface area contributed by atoms with Gasteiger partial charge in [-0.05, 0) is 38.0 Å². The first-order valence-electron chi connectivity index (χ1n) is 6.54. The van der Waals surface area contributed by atoms with Crippen molar-refractivity contribution >= 4 is 10.0 Å². The van der Waals surface area contributed by atoms with E-state index in [1.165, 1.54) is 0 Å². The maximum absolute atomic E-state index is 12.4. The number of benzene rings is 2. The zero-order valence-electron chi connectivity index (χ0n) is 11.9. The summed E-state index contributed by atoms with van der Waals surface area (Å²) >= 11 is 0. The van der Waals surface area contributed by atoms with Crippen LogP contribution in [0.3, 0.4) is 0 Å². The molecule has 0 fully saturated rings. The lowest BCUT2D eigenvalue weighted by Crippen LogP contribution is -2.27. The van der Waals surface area contributed by atoms with Crippen molar-refractivity contribution in [2.24, 2.45) is 0 Å². The molecule has 0 amide bonds. The quantitative estimate of drug-likeness (QED) is 0.938. The monoisotopic (exact) mass is 289 g/mol. The lowest BCUT2D eigenvalue weighted by Gasteiger charge is -2.16. The molecule has 0 aliphatic rings. The third-order valence-electron chi connectivity index (χ3n) is 3.26. The summed E-state index contributed by atoms with van der Waals surface area (Å²) in [7, 11) is -3.50. The highest BCUT2D eigenvalue weighted by Gasteiger charge is 2.19. The minimum atomic E-state index is -3.50. The van der Waals surface area contributed by atoms with Gasteiger partial charge in [0.05, 0.1) is 4.90 Å². The van der Waals surface area contributed by atoms with Crippen molar-refractivity contribution in [3.8, 4) is 0 Å². The molecule has 0 unspecified atom stereocenters. The largest absolute Gasteiger partial charge is 0.241 e. The van der Waals surface area contributed by atoms with Gasteiger partial charge in [0.2, 0.25) is 10.0 Å². The fraction of sp³-hybridized carbons (Fsp3) is 0.250. The van der Waals surface area contributed by atoms with E-state index in [9.17, 15) is 8.42 Å². The third kappa shape index (κ3) is 3.26. The predicted octanol–water partition coefficient (Wildman–Crippen LogP) is 3.34. The average Bonchev–Trinajstić information content (AvgIpc) is 2.38. The second-order valence-corrected chi connectivity index (χ2v) is 6.71. The summed E-state index contributed by atoms with van der Waals surface area (Å²) in [5, 5.41) is 0. The van der Waals surface area contributed by atoms with Crippen molar-refractivity contribution in [1.29, 1.82) is 0 Å². The molecule has 2 aromatic rings. The summed E-state index contributed by atoms with van der Waals surface area (Å²) in [6.07, 6.45) is 0. The Hall–Kier alpha value is -1.65. The Bertz CT molecular complexity index is 708. The summed E-state index contributed by atoms with van der Waals surface area (Å²) in [6, 6.07) is 14.6. The van der Waals surface area contributed by atoms with Crippen LogP contribution in [0.15, 0.2) is 53.4 Å². The van der Waals surface area contributed by atoms with Crippen LogP contribution >= 0.6 is 0 Å². The van der Waals surface area contributed by atoms with Crippen molar-refractivity contribution in [3.05, 3.63) is 65.2 Å². The molecule has 1 N–H and O–H groups in total. The van der Waals surface area contributed by atoms with Crippen LogP contribution in [0.1, 0.15) is 29.7 Å². The number of nitrogens with one attached hydrogen (secondary N) is 1. The fourth-order valence-electron chi connectivity index (χ4n) is 2.16. The van der Waals surface area contributed by atoms with E-state index in [1.807, 2.05) is 44.2 Å². The van der Waals surface area contributed by atoms with Crippen molar-refractivity contribution in [2.45, 2.75) is 31.7 Å². The lowest BCUT2D eigenvalue weighted by molar-refractivity contribution is 0.566. The Balaban J connectivity index is 2.27. The Kier molecular flexibility index (Phi) is 4.26. The van der Waals surface area contributed by atoms with E-state index in [2.05, 4.69) is 4.72 Å². The molecule has 0 aromatic heterocycles. The molecule has 0 saturated carbocycles. The molecule has 106 valence electrons. The summed E-state index contributed by atoms with van der Waals surface area (Å²) in [5.74, 6) is 0. The van der Waals surface area contributed by atoms with Crippen molar-refractivity contribution in [2.75, 3.05) is 0 Å². The van der Waals surface area contributed by atoms with Crippen molar-refractivity contribution in [1.82, 2.24) is 4.72 Å². The third-order valence-corrected chi connectivity index (χ3v) is 4.96. The summed E-state index contributed by atoms with van der Waals surface area (Å²) in [6.45, 7) is 5.64. The molecule has 0 spiro atoms. The molecule has 0 bridgehead atoms. The number of hydrogen-bond donors (Lipinski definition) is 1. The molecule has 4 heteroatoms. The Labute approximate surface area is 120 Å². The minimum absolute atomic E-state index is 0.264. The molecule has 0 aliphatic heterocycles. The van der Waals surface area contributed by atoms with Gasteiger partial charge >= 0.3 is 0 Å². The van der Waals surface area contributed by atoms with Crippen LogP contribution in [0.2, 0.25) is 0 Å². The second-order valence-electron chi connectivity index (χ2n) is 5.02. The van der Waals surface area contributed by atoms with Crippen molar-refractivity contribution < 1.29 is 8.42 Å². The summed E-state index contributed by atoms with van der Waals surface area (Å²) in [5.41, 5.74) is 2.82. The number of sulfonamides is 1. The molecular weight excluding hydrogens is 270 g/mol. The van der Waals surface area contributed by atoms with Crippen LogP contribution in [0.25, 0.3) is 0 Å². The molecule has 0 heterocycles. The van der Waals surface area contributed by atoms with Gasteiger partial charge < -0.3 is 0 Å². The minimum Gasteiger partial charge on any atom is -0.207 e. The molecule has 1 atom stereocenters. The number of hydrogen-bond acceptors (Lipinski definition) is 2. The van der Waals surface area contributed by atoms with Crippen LogP contribution in [-0.4, -0.2) is 8.42 Å². The Morgan fingerprint density at radius 2 is 1.70 bits per heavy atom. The van der Waals surface area contributed by atoms with Gasteiger partial charge in [0, 0.05) is 6.04 Å². The lowest BCUT2D eigenvalue weighted by atomic mass is 10.1. The van der Waals surface area contributed by atoms with Crippen LogP contribution in [0, 0.1) is 13.8 Å². The Morgan fingerprint density at radius 1 is 1.00 bits per heavy atom. The van der Waals surface area contributed by atoms with E-state index < -0.39 is 10.0 Å². The van der Waals surface area contributed by atoms with Gasteiger partial charge in [-0.2, -0.15) is 0 Å². The fourth-order valence-corrected chi connectivity index (χ4v) is 3.64. The van der Waals surface area contributed by atoms with Gasteiger partial charge in [-0.1, -0.05) is 48.0 Å². The van der Waals surface area contributed by atoms with Crippen LogP contribution in [0.5, 0.6) is 0 Å². The van der Waals surface area contributed by atoms with Gasteiger partial charge in [-0.25, -0.2) is 13.1 Å². The highest BCUT2D eigenvalue weighted by atomic mass is 32.2. The molecule has 0 radical (unpaired) electrons. The first-order chi connectivity index (χ1) is 9.40. The van der Waals surface area contributed by atoms with E-state index in [1.54, 1.807) is 25.1 Å². The van der Waals surface area contributed by atoms with Crippen LogP contribution in [0.4, 0.5) is 0 Å². The van der Waals surface area contributed by atoms with E-state index in [-0.39, 0.29) is 6.04 Å². The van der Waals surface area contributed by atoms with E-state index in [0.717, 1.165) is 16.7 Å². The Morgan fingerprint density at radius 3 is 2.35 bits per heavy atom. The molecule has 0 saturated heterocycles. The predicted molar refractivity (Wildman–Crippen MR) is 81.1 cm³/mol. The number of aryl methyl sites for hydroxylation is 2. The highest BCUT2D eigenvalue weighted by Crippen LogP contribution is 2.19. The molecular formula is C16H19NO2S. The summed E-state index contributed by atoms with van der Waals surface area (Å²) < 4.78 is 27.6. The summed E-state index contributed by atoms with van der Waals surface area (Å²) in [4.78, 5) is 0.333. The maximum atomic E-state index is 12.4. The molecule has 20 heavy (non-hydrogen) atoms. The van der Waals surface area contributed by atoms with Crippen molar-refractivity contribution in [3.63, 3.8) is 0 Å². The molecule has 2 aromatic carbocycles. The van der Waals surface area contributed by atoms with Gasteiger partial charge in [-0.15, -0.1) is 0 Å². The average molecular weight is 289 g/mol. The van der Waals surface area contributed by atoms with E-state index in [4.69, 9.17) is 0 Å². The highest BCUT2D eigenvalue weighted by molar-refractivity contribution is 7.89. The van der Waals surface area contributed by atoms with Gasteiger partial charge in [-0.3, -0.25) is 0 Å². The van der Waals surface area contributed by atoms with E-state index >= 15 is 0 Å². The first-order valence-corrected chi connectivity index (χ1v) is 8.03. The van der Waals surface area contributed by atoms with E-state index in [0.29, 0.717) is 4.90 Å². The maximum Gasteiger partial charge on any atom is 0.241 e. The smallest absolute Gasteiger partial charge is 0.207 e. The first kappa shape index (κ1) is 14.8. The molecule has 0 aliphatic carbocycles. The van der Waals surface area contributed by atoms with Crippen LogP contribution < -0.4 is 4.72 Å². The van der Waals surface area contributed by atoms with Gasteiger partial charge in [0.1, 0.15) is 0 Å². The zero-order valence-corrected chi connectivity index (χ0v) is 12.7.